The van der Waals surface area contributed by atoms with Crippen molar-refractivity contribution in [2.75, 3.05) is 6.54 Å². The van der Waals surface area contributed by atoms with Gasteiger partial charge >= 0.3 is 5.69 Å². The molecule has 0 aliphatic carbocycles. The van der Waals surface area contributed by atoms with Crippen molar-refractivity contribution < 1.29 is 0 Å². The molecule has 2 rings (SSSR count). The number of benzene rings is 1. The normalized spacial score (nSPS) is 10.3. The van der Waals surface area contributed by atoms with Gasteiger partial charge in [0.1, 0.15) is 0 Å². The first-order valence-electron chi connectivity index (χ1n) is 5.14. The van der Waals surface area contributed by atoms with Crippen molar-refractivity contribution in [3.05, 3.63) is 58.8 Å². The summed E-state index contributed by atoms with van der Waals surface area (Å²) in [4.78, 5) is 15.2. The van der Waals surface area contributed by atoms with E-state index in [2.05, 4.69) is 4.98 Å². The Bertz CT molecular complexity index is 534. The minimum absolute atomic E-state index is 0.271. The summed E-state index contributed by atoms with van der Waals surface area (Å²) in [5.41, 5.74) is 7.17. The summed E-state index contributed by atoms with van der Waals surface area (Å²) in [7, 11) is 0. The van der Waals surface area contributed by atoms with E-state index in [0.717, 1.165) is 17.7 Å². The third kappa shape index (κ3) is 2.17. The third-order valence-electron chi connectivity index (χ3n) is 2.33. The van der Waals surface area contributed by atoms with Crippen LogP contribution in [0.5, 0.6) is 0 Å². The summed E-state index contributed by atoms with van der Waals surface area (Å²) in [5, 5.41) is 0. The zero-order chi connectivity index (χ0) is 11.4. The largest absolute Gasteiger partial charge is 0.352 e. The van der Waals surface area contributed by atoms with Gasteiger partial charge < -0.3 is 5.73 Å². The number of aromatic nitrogens is 2. The van der Waals surface area contributed by atoms with Gasteiger partial charge in [-0.1, -0.05) is 12.1 Å². The molecule has 0 radical (unpaired) electrons. The molecule has 2 aromatic rings. The Morgan fingerprint density at radius 3 is 2.94 bits per heavy atom. The van der Waals surface area contributed by atoms with Crippen molar-refractivity contribution in [2.24, 2.45) is 5.73 Å². The van der Waals surface area contributed by atoms with Crippen LogP contribution in [0.25, 0.3) is 5.69 Å². The molecule has 0 fully saturated rings. The Labute approximate surface area is 93.4 Å². The molecule has 4 heteroatoms. The van der Waals surface area contributed by atoms with Gasteiger partial charge in [-0.2, -0.15) is 0 Å². The van der Waals surface area contributed by atoms with Crippen LogP contribution in [-0.4, -0.2) is 16.1 Å². The molecule has 16 heavy (non-hydrogen) atoms. The van der Waals surface area contributed by atoms with E-state index in [1.165, 1.54) is 10.8 Å². The van der Waals surface area contributed by atoms with Gasteiger partial charge in [0.2, 0.25) is 0 Å². The highest BCUT2D eigenvalue weighted by molar-refractivity contribution is 5.35. The molecule has 0 spiro atoms. The Hall–Kier alpha value is -1.94. The van der Waals surface area contributed by atoms with Crippen LogP contribution in [0.1, 0.15) is 5.56 Å². The Balaban J connectivity index is 2.45. The average molecular weight is 215 g/mol. The van der Waals surface area contributed by atoms with E-state index in [9.17, 15) is 4.79 Å². The predicted octanol–water partition coefficient (Wildman–Crippen LogP) is 0.734. The molecular formula is C12H13N3O. The highest BCUT2D eigenvalue weighted by atomic mass is 16.1. The second-order valence-corrected chi connectivity index (χ2v) is 3.48. The van der Waals surface area contributed by atoms with E-state index in [4.69, 9.17) is 5.73 Å². The van der Waals surface area contributed by atoms with Crippen LogP contribution in [0.2, 0.25) is 0 Å². The number of hydrogen-bond acceptors (Lipinski definition) is 3. The van der Waals surface area contributed by atoms with Crippen molar-refractivity contribution in [2.45, 2.75) is 6.42 Å². The fraction of sp³-hybridized carbons (Fsp3) is 0.167. The van der Waals surface area contributed by atoms with Crippen LogP contribution in [0.3, 0.4) is 0 Å². The van der Waals surface area contributed by atoms with Gasteiger partial charge in [-0.3, -0.25) is 4.57 Å². The first-order chi connectivity index (χ1) is 7.81. The predicted molar refractivity (Wildman–Crippen MR) is 62.6 cm³/mol. The van der Waals surface area contributed by atoms with Crippen molar-refractivity contribution >= 4 is 0 Å². The zero-order valence-corrected chi connectivity index (χ0v) is 8.84. The van der Waals surface area contributed by atoms with Crippen LogP contribution >= 0.6 is 0 Å². The van der Waals surface area contributed by atoms with Gasteiger partial charge in [0, 0.05) is 12.4 Å². The standard InChI is InChI=1S/C12H13N3O/c13-6-5-10-3-1-4-11(9-10)15-8-2-7-14-12(15)16/h1-4,7-9H,5-6,13H2. The Kier molecular flexibility index (Phi) is 3.12. The zero-order valence-electron chi connectivity index (χ0n) is 8.84. The quantitative estimate of drug-likeness (QED) is 0.821. The van der Waals surface area contributed by atoms with Crippen molar-refractivity contribution in [1.82, 2.24) is 9.55 Å². The first-order valence-corrected chi connectivity index (χ1v) is 5.14. The van der Waals surface area contributed by atoms with E-state index in [1.807, 2.05) is 24.3 Å². The lowest BCUT2D eigenvalue weighted by Crippen LogP contribution is -2.19. The second-order valence-electron chi connectivity index (χ2n) is 3.48. The average Bonchev–Trinajstić information content (AvgIpc) is 2.30. The van der Waals surface area contributed by atoms with E-state index in [-0.39, 0.29) is 5.69 Å². The molecule has 0 saturated carbocycles. The minimum Gasteiger partial charge on any atom is -0.330 e. The molecule has 1 heterocycles. The minimum atomic E-state index is -0.271. The van der Waals surface area contributed by atoms with Gasteiger partial charge in [0.15, 0.2) is 0 Å². The molecule has 0 bridgehead atoms. The maximum atomic E-state index is 11.5. The molecule has 1 aromatic heterocycles. The lowest BCUT2D eigenvalue weighted by atomic mass is 10.1. The van der Waals surface area contributed by atoms with Crippen molar-refractivity contribution in [3.63, 3.8) is 0 Å². The molecular weight excluding hydrogens is 202 g/mol. The molecule has 0 saturated heterocycles. The maximum absolute atomic E-state index is 11.5. The third-order valence-corrected chi connectivity index (χ3v) is 2.33. The summed E-state index contributed by atoms with van der Waals surface area (Å²) in [6, 6.07) is 9.48. The maximum Gasteiger partial charge on any atom is 0.352 e. The summed E-state index contributed by atoms with van der Waals surface area (Å²) in [6.07, 6.45) is 4.00. The number of nitrogens with two attached hydrogens (primary N) is 1. The smallest absolute Gasteiger partial charge is 0.330 e. The van der Waals surface area contributed by atoms with Crippen LogP contribution in [0.4, 0.5) is 0 Å². The fourth-order valence-electron chi connectivity index (χ4n) is 1.58. The van der Waals surface area contributed by atoms with E-state index < -0.39 is 0 Å². The topological polar surface area (TPSA) is 60.9 Å². The van der Waals surface area contributed by atoms with Crippen molar-refractivity contribution in [1.29, 1.82) is 0 Å². The van der Waals surface area contributed by atoms with Crippen LogP contribution in [0.15, 0.2) is 47.5 Å². The number of rotatable bonds is 3. The van der Waals surface area contributed by atoms with Gasteiger partial charge in [-0.25, -0.2) is 9.78 Å². The van der Waals surface area contributed by atoms with Crippen LogP contribution < -0.4 is 11.4 Å². The molecule has 1 aromatic carbocycles. The summed E-state index contributed by atoms with van der Waals surface area (Å²) < 4.78 is 1.51. The second kappa shape index (κ2) is 4.72. The molecule has 2 N–H and O–H groups in total. The lowest BCUT2D eigenvalue weighted by Gasteiger charge is -2.06. The number of nitrogens with zero attached hydrogens (tertiary/aromatic N) is 2. The van der Waals surface area contributed by atoms with Crippen LogP contribution in [0, 0.1) is 0 Å². The monoisotopic (exact) mass is 215 g/mol. The molecule has 0 amide bonds. The molecule has 4 nitrogen and oxygen atoms in total. The van der Waals surface area contributed by atoms with E-state index in [1.54, 1.807) is 12.3 Å². The summed E-state index contributed by atoms with van der Waals surface area (Å²) in [5.74, 6) is 0. The fourth-order valence-corrected chi connectivity index (χ4v) is 1.58. The Morgan fingerprint density at radius 1 is 1.31 bits per heavy atom. The first kappa shape index (κ1) is 10.6. The lowest BCUT2D eigenvalue weighted by molar-refractivity contribution is 0.904. The van der Waals surface area contributed by atoms with E-state index >= 15 is 0 Å². The van der Waals surface area contributed by atoms with Gasteiger partial charge in [-0.05, 0) is 36.7 Å². The summed E-state index contributed by atoms with van der Waals surface area (Å²) in [6.45, 7) is 0.603. The number of hydrogen-bond donors (Lipinski definition) is 1. The van der Waals surface area contributed by atoms with Gasteiger partial charge in [-0.15, -0.1) is 0 Å². The highest BCUT2D eigenvalue weighted by Gasteiger charge is 1.99. The molecule has 0 aliphatic heterocycles. The SMILES string of the molecule is NCCc1cccc(-n2cccnc2=O)c1. The van der Waals surface area contributed by atoms with Gasteiger partial charge in [0.25, 0.3) is 0 Å². The molecule has 0 aliphatic rings. The summed E-state index contributed by atoms with van der Waals surface area (Å²) >= 11 is 0. The van der Waals surface area contributed by atoms with Crippen LogP contribution in [-0.2, 0) is 6.42 Å². The van der Waals surface area contributed by atoms with E-state index in [0.29, 0.717) is 6.54 Å². The van der Waals surface area contributed by atoms with Gasteiger partial charge in [0.05, 0.1) is 5.69 Å². The highest BCUT2D eigenvalue weighted by Crippen LogP contribution is 2.08. The van der Waals surface area contributed by atoms with Crippen molar-refractivity contribution in [3.8, 4) is 5.69 Å². The molecule has 82 valence electrons. The molecule has 0 atom stereocenters. The Morgan fingerprint density at radius 2 is 2.19 bits per heavy atom. The molecule has 0 unspecified atom stereocenters.